The molecule has 1 aromatic heterocycles. The minimum absolute atomic E-state index is 0.00821. The summed E-state index contributed by atoms with van der Waals surface area (Å²) in [5.74, 6) is -0.497. The van der Waals surface area contributed by atoms with Gasteiger partial charge < -0.3 is 9.64 Å². The molecule has 1 atom stereocenters. The second kappa shape index (κ2) is 8.49. The maximum absolute atomic E-state index is 12.9. The van der Waals surface area contributed by atoms with Gasteiger partial charge >= 0.3 is 5.97 Å². The molecular formula is C23H23N3O4. The van der Waals surface area contributed by atoms with Crippen LogP contribution in [-0.4, -0.2) is 46.3 Å². The number of esters is 1. The van der Waals surface area contributed by atoms with E-state index >= 15 is 0 Å². The number of fused-ring (bicyclic) bond motifs is 1. The van der Waals surface area contributed by atoms with Crippen molar-refractivity contribution in [3.8, 4) is 5.69 Å². The predicted octanol–water partition coefficient (Wildman–Crippen LogP) is 2.80. The van der Waals surface area contributed by atoms with Gasteiger partial charge in [-0.3, -0.25) is 9.59 Å². The third-order valence-electron chi connectivity index (χ3n) is 5.34. The van der Waals surface area contributed by atoms with Crippen molar-refractivity contribution in [1.29, 1.82) is 0 Å². The Morgan fingerprint density at radius 3 is 2.50 bits per heavy atom. The minimum Gasteiger partial charge on any atom is -0.451 e. The molecule has 7 nitrogen and oxygen atoms in total. The lowest BCUT2D eigenvalue weighted by molar-refractivity contribution is -0.136. The molecule has 1 fully saturated rings. The van der Waals surface area contributed by atoms with Crippen LogP contribution in [-0.2, 0) is 9.53 Å². The van der Waals surface area contributed by atoms with E-state index in [2.05, 4.69) is 12.0 Å². The zero-order valence-electron chi connectivity index (χ0n) is 16.8. The third-order valence-corrected chi connectivity index (χ3v) is 5.34. The smallest absolute Gasteiger partial charge is 0.359 e. The number of benzene rings is 2. The molecule has 154 valence electrons. The summed E-state index contributed by atoms with van der Waals surface area (Å²) in [6.07, 6.45) is 2.05. The van der Waals surface area contributed by atoms with E-state index in [1.165, 1.54) is 4.68 Å². The van der Waals surface area contributed by atoms with Crippen molar-refractivity contribution >= 4 is 22.6 Å². The van der Waals surface area contributed by atoms with Crippen LogP contribution < -0.4 is 5.56 Å². The van der Waals surface area contributed by atoms with E-state index in [4.69, 9.17) is 4.74 Å². The van der Waals surface area contributed by atoms with Gasteiger partial charge in [-0.25, -0.2) is 4.79 Å². The molecule has 0 N–H and O–H groups in total. The molecule has 7 heteroatoms. The topological polar surface area (TPSA) is 81.5 Å². The Labute approximate surface area is 173 Å². The van der Waals surface area contributed by atoms with E-state index < -0.39 is 5.97 Å². The van der Waals surface area contributed by atoms with Gasteiger partial charge in [0.05, 0.1) is 11.1 Å². The number of amides is 1. The molecule has 1 amide bonds. The maximum atomic E-state index is 12.9. The summed E-state index contributed by atoms with van der Waals surface area (Å²) in [4.78, 5) is 39.9. The molecule has 0 aliphatic carbocycles. The van der Waals surface area contributed by atoms with Gasteiger partial charge in [0.1, 0.15) is 0 Å². The molecule has 30 heavy (non-hydrogen) atoms. The summed E-state index contributed by atoms with van der Waals surface area (Å²) in [7, 11) is 0. The summed E-state index contributed by atoms with van der Waals surface area (Å²) in [5.41, 5.74) is 0.223. The highest BCUT2D eigenvalue weighted by Crippen LogP contribution is 2.17. The van der Waals surface area contributed by atoms with E-state index in [1.807, 2.05) is 6.07 Å². The van der Waals surface area contributed by atoms with Crippen LogP contribution in [0.25, 0.3) is 16.5 Å². The number of carbonyl (C=O) groups excluding carboxylic acids is 2. The Kier molecular flexibility index (Phi) is 5.61. The monoisotopic (exact) mass is 405 g/mol. The Morgan fingerprint density at radius 1 is 1.07 bits per heavy atom. The quantitative estimate of drug-likeness (QED) is 0.624. The van der Waals surface area contributed by atoms with Gasteiger partial charge in [-0.2, -0.15) is 9.78 Å². The number of nitrogens with zero attached hydrogens (tertiary/aromatic N) is 3. The number of likely N-dealkylation sites (tertiary alicyclic amines) is 1. The second-order valence-electron chi connectivity index (χ2n) is 7.61. The number of para-hydroxylation sites is 1. The van der Waals surface area contributed by atoms with E-state index in [-0.39, 0.29) is 23.8 Å². The normalized spacial score (nSPS) is 16.4. The lowest BCUT2D eigenvalue weighted by Crippen LogP contribution is -2.41. The number of rotatable bonds is 4. The zero-order valence-corrected chi connectivity index (χ0v) is 16.8. The Balaban J connectivity index is 1.63. The van der Waals surface area contributed by atoms with E-state index in [1.54, 1.807) is 53.4 Å². The van der Waals surface area contributed by atoms with Crippen molar-refractivity contribution in [3.63, 3.8) is 0 Å². The molecule has 1 aliphatic heterocycles. The molecule has 2 aromatic carbocycles. The number of hydrogen-bond donors (Lipinski definition) is 0. The van der Waals surface area contributed by atoms with Gasteiger partial charge in [0.15, 0.2) is 12.3 Å². The summed E-state index contributed by atoms with van der Waals surface area (Å²) in [6.45, 7) is 3.12. The van der Waals surface area contributed by atoms with E-state index in [9.17, 15) is 14.4 Å². The molecule has 4 rings (SSSR count). The van der Waals surface area contributed by atoms with Crippen LogP contribution in [0.5, 0.6) is 0 Å². The first-order valence-electron chi connectivity index (χ1n) is 10.1. The molecule has 1 saturated heterocycles. The molecule has 2 heterocycles. The number of hydrogen-bond acceptors (Lipinski definition) is 5. The van der Waals surface area contributed by atoms with E-state index in [0.29, 0.717) is 35.5 Å². The summed E-state index contributed by atoms with van der Waals surface area (Å²) in [6, 6.07) is 15.6. The van der Waals surface area contributed by atoms with Gasteiger partial charge in [-0.05, 0) is 37.0 Å². The number of ether oxygens (including phenoxy) is 1. The molecule has 0 bridgehead atoms. The number of carbonyl (C=O) groups is 2. The van der Waals surface area contributed by atoms with Crippen molar-refractivity contribution in [2.45, 2.75) is 19.8 Å². The Hall–Kier alpha value is -3.48. The standard InChI is InChI=1S/C23H23N3O4/c1-16-8-7-13-25(14-16)20(27)15-30-23(29)21-18-11-5-6-12-19(18)22(28)26(24-21)17-9-3-2-4-10-17/h2-6,9-12,16H,7-8,13-15H2,1H3/t16-/m1/s1. The van der Waals surface area contributed by atoms with E-state index in [0.717, 1.165) is 12.8 Å². The van der Waals surface area contributed by atoms with Gasteiger partial charge in [0, 0.05) is 18.5 Å². The number of piperidine rings is 1. The Morgan fingerprint density at radius 2 is 1.77 bits per heavy atom. The lowest BCUT2D eigenvalue weighted by Gasteiger charge is -2.30. The highest BCUT2D eigenvalue weighted by atomic mass is 16.5. The van der Waals surface area contributed by atoms with Crippen LogP contribution in [0.1, 0.15) is 30.3 Å². The van der Waals surface area contributed by atoms with Crippen LogP contribution in [0.15, 0.2) is 59.4 Å². The zero-order chi connectivity index (χ0) is 21.1. The highest BCUT2D eigenvalue weighted by molar-refractivity contribution is 6.02. The van der Waals surface area contributed by atoms with Crippen LogP contribution in [0.2, 0.25) is 0 Å². The molecule has 1 aliphatic rings. The largest absolute Gasteiger partial charge is 0.451 e. The van der Waals surface area contributed by atoms with Gasteiger partial charge in [0.25, 0.3) is 11.5 Å². The van der Waals surface area contributed by atoms with Gasteiger partial charge in [-0.15, -0.1) is 0 Å². The van der Waals surface area contributed by atoms with Crippen LogP contribution in [0.3, 0.4) is 0 Å². The first-order chi connectivity index (χ1) is 14.5. The second-order valence-corrected chi connectivity index (χ2v) is 7.61. The summed E-state index contributed by atoms with van der Waals surface area (Å²) in [5, 5.41) is 5.04. The van der Waals surface area contributed by atoms with Crippen molar-refractivity contribution in [2.75, 3.05) is 19.7 Å². The maximum Gasteiger partial charge on any atom is 0.359 e. The molecular weight excluding hydrogens is 382 g/mol. The predicted molar refractivity (Wildman–Crippen MR) is 113 cm³/mol. The molecule has 0 saturated carbocycles. The lowest BCUT2D eigenvalue weighted by atomic mass is 10.0. The molecule has 0 spiro atoms. The minimum atomic E-state index is -0.728. The summed E-state index contributed by atoms with van der Waals surface area (Å²) < 4.78 is 6.50. The SMILES string of the molecule is C[C@@H]1CCCN(C(=O)COC(=O)c2nn(-c3ccccc3)c(=O)c3ccccc23)C1. The number of aromatic nitrogens is 2. The molecule has 3 aromatic rings. The van der Waals surface area contributed by atoms with Crippen LogP contribution in [0, 0.1) is 5.92 Å². The van der Waals surface area contributed by atoms with Crippen molar-refractivity contribution in [1.82, 2.24) is 14.7 Å². The average Bonchev–Trinajstić information content (AvgIpc) is 2.78. The van der Waals surface area contributed by atoms with Crippen molar-refractivity contribution < 1.29 is 14.3 Å². The van der Waals surface area contributed by atoms with Gasteiger partial charge in [-0.1, -0.05) is 43.3 Å². The van der Waals surface area contributed by atoms with Crippen LogP contribution in [0.4, 0.5) is 0 Å². The average molecular weight is 405 g/mol. The molecule has 0 unspecified atom stereocenters. The van der Waals surface area contributed by atoms with Crippen molar-refractivity contribution in [2.24, 2.45) is 5.92 Å². The fourth-order valence-corrected chi connectivity index (χ4v) is 3.79. The van der Waals surface area contributed by atoms with Gasteiger partial charge in [0.2, 0.25) is 0 Å². The third kappa shape index (κ3) is 3.96. The fourth-order valence-electron chi connectivity index (χ4n) is 3.79. The first kappa shape index (κ1) is 19.8. The fraction of sp³-hybridized carbons (Fsp3) is 0.304. The van der Waals surface area contributed by atoms with Crippen molar-refractivity contribution in [3.05, 3.63) is 70.6 Å². The highest BCUT2D eigenvalue weighted by Gasteiger charge is 2.24. The Bertz CT molecular complexity index is 1140. The van der Waals surface area contributed by atoms with Crippen LogP contribution >= 0.6 is 0 Å². The first-order valence-corrected chi connectivity index (χ1v) is 10.1. The molecule has 0 radical (unpaired) electrons. The summed E-state index contributed by atoms with van der Waals surface area (Å²) >= 11 is 0.